The second kappa shape index (κ2) is 11.4. The van der Waals surface area contributed by atoms with Crippen molar-refractivity contribution in [2.45, 2.75) is 5.41 Å². The topological polar surface area (TPSA) is 40.5 Å². The summed E-state index contributed by atoms with van der Waals surface area (Å²) >= 11 is 3.65. The molecule has 0 amide bonds. The van der Waals surface area contributed by atoms with Crippen molar-refractivity contribution >= 4 is 64.4 Å². The van der Waals surface area contributed by atoms with E-state index in [-0.39, 0.29) is 11.5 Å². The highest BCUT2D eigenvalue weighted by Gasteiger charge is 2.51. The molecule has 2 heterocycles. The Morgan fingerprint density at radius 1 is 0.358 bits per heavy atom. The summed E-state index contributed by atoms with van der Waals surface area (Å²) in [6.07, 6.45) is 0. The van der Waals surface area contributed by atoms with Crippen molar-refractivity contribution < 1.29 is 10.2 Å². The van der Waals surface area contributed by atoms with E-state index < -0.39 is 5.41 Å². The molecular weight excluding hydrogens is 685 g/mol. The normalized spacial score (nSPS) is 13.2. The predicted molar refractivity (Wildman–Crippen MR) is 224 cm³/mol. The Morgan fingerprint density at radius 2 is 0.755 bits per heavy atom. The van der Waals surface area contributed by atoms with Crippen molar-refractivity contribution in [3.8, 4) is 43.5 Å². The molecule has 2 N–H and O–H groups in total. The third kappa shape index (κ3) is 4.25. The first-order chi connectivity index (χ1) is 26.1. The molecular formula is C49H30O2S2. The molecule has 0 aliphatic heterocycles. The molecule has 0 unspecified atom stereocenters. The molecule has 0 atom stereocenters. The van der Waals surface area contributed by atoms with Crippen LogP contribution in [-0.2, 0) is 5.41 Å². The summed E-state index contributed by atoms with van der Waals surface area (Å²) in [6, 6.07) is 59.9. The number of hydrogen-bond acceptors (Lipinski definition) is 4. The van der Waals surface area contributed by atoms with Gasteiger partial charge in [-0.05, 0) is 102 Å². The highest BCUT2D eigenvalue weighted by molar-refractivity contribution is 7.22. The zero-order valence-electron chi connectivity index (χ0n) is 28.4. The molecule has 0 saturated heterocycles. The van der Waals surface area contributed by atoms with Gasteiger partial charge in [0.15, 0.2) is 0 Å². The Bertz CT molecular complexity index is 2830. The molecule has 250 valence electrons. The first-order valence-corrected chi connectivity index (χ1v) is 19.4. The van der Waals surface area contributed by atoms with E-state index in [0.717, 1.165) is 32.7 Å². The second-order valence-corrected chi connectivity index (χ2v) is 16.0. The highest BCUT2D eigenvalue weighted by Crippen LogP contribution is 2.64. The third-order valence-corrected chi connectivity index (χ3v) is 13.5. The number of benzene rings is 8. The Hall–Kier alpha value is -6.20. The van der Waals surface area contributed by atoms with E-state index in [9.17, 15) is 10.2 Å². The van der Waals surface area contributed by atoms with E-state index in [2.05, 4.69) is 133 Å². The lowest BCUT2D eigenvalue weighted by molar-refractivity contribution is 0.481. The number of rotatable bonds is 4. The van der Waals surface area contributed by atoms with E-state index in [4.69, 9.17) is 0 Å². The smallest absolute Gasteiger partial charge is 0.123 e. The molecule has 2 aromatic heterocycles. The summed E-state index contributed by atoms with van der Waals surface area (Å²) in [5, 5.41) is 28.8. The lowest BCUT2D eigenvalue weighted by Crippen LogP contribution is -2.30. The van der Waals surface area contributed by atoms with Crippen LogP contribution >= 0.6 is 22.7 Å². The van der Waals surface area contributed by atoms with Crippen molar-refractivity contribution in [1.82, 2.24) is 0 Å². The van der Waals surface area contributed by atoms with Gasteiger partial charge in [-0.3, -0.25) is 0 Å². The van der Waals surface area contributed by atoms with Crippen molar-refractivity contribution in [3.05, 3.63) is 192 Å². The van der Waals surface area contributed by atoms with Crippen molar-refractivity contribution in [2.75, 3.05) is 0 Å². The van der Waals surface area contributed by atoms with Gasteiger partial charge in [0.05, 0.1) is 5.41 Å². The zero-order chi connectivity index (χ0) is 35.3. The first-order valence-electron chi connectivity index (χ1n) is 17.8. The van der Waals surface area contributed by atoms with E-state index in [1.807, 2.05) is 59.1 Å². The van der Waals surface area contributed by atoms with Gasteiger partial charge < -0.3 is 10.2 Å². The Labute approximate surface area is 314 Å². The van der Waals surface area contributed by atoms with Crippen LogP contribution in [-0.4, -0.2) is 10.2 Å². The molecule has 0 saturated carbocycles. The summed E-state index contributed by atoms with van der Waals surface area (Å²) in [6.45, 7) is 0. The van der Waals surface area contributed by atoms with Crippen molar-refractivity contribution in [3.63, 3.8) is 0 Å². The minimum atomic E-state index is -0.870. The van der Waals surface area contributed by atoms with E-state index in [0.29, 0.717) is 0 Å². The number of fused-ring (bicyclic) bond motifs is 7. The molecule has 0 fully saturated rings. The van der Waals surface area contributed by atoms with E-state index in [1.165, 1.54) is 63.3 Å². The number of phenols is 2. The molecule has 4 heteroatoms. The summed E-state index contributed by atoms with van der Waals surface area (Å²) in [5.74, 6) is 0.508. The van der Waals surface area contributed by atoms with E-state index in [1.54, 1.807) is 0 Å². The largest absolute Gasteiger partial charge is 0.507 e. The fourth-order valence-corrected chi connectivity index (χ4v) is 11.2. The number of aromatic hydroxyl groups is 2. The van der Waals surface area contributed by atoms with Crippen LogP contribution in [0.25, 0.3) is 73.7 Å². The molecule has 53 heavy (non-hydrogen) atoms. The minimum absolute atomic E-state index is 0.254. The standard InChI is InChI=1S/C49H30O2S2/c50-41-25-23-39(31-13-3-5-15-33(31)41)49(40-24-26-42(51)34-16-6-4-14-32(34)40)47-35(17-9-19-37(47)45-27-29-11-1-7-21-43(29)52-45)36-18-10-20-38(48(36)49)46-28-30-12-2-8-22-44(30)53-46/h1-28,50-51H. The van der Waals surface area contributed by atoms with Crippen LogP contribution in [0.3, 0.4) is 0 Å². The average Bonchev–Trinajstić information content (AvgIpc) is 3.92. The second-order valence-electron chi connectivity index (χ2n) is 13.9. The van der Waals surface area contributed by atoms with Gasteiger partial charge in [0.25, 0.3) is 0 Å². The van der Waals surface area contributed by atoms with Crippen LogP contribution in [0.15, 0.2) is 170 Å². The van der Waals surface area contributed by atoms with Crippen LogP contribution in [0.2, 0.25) is 0 Å². The molecule has 0 spiro atoms. The van der Waals surface area contributed by atoms with Gasteiger partial charge in [0, 0.05) is 29.9 Å². The van der Waals surface area contributed by atoms with Gasteiger partial charge in [-0.15, -0.1) is 22.7 Å². The molecule has 0 radical (unpaired) electrons. The van der Waals surface area contributed by atoms with Gasteiger partial charge in [0.2, 0.25) is 0 Å². The minimum Gasteiger partial charge on any atom is -0.507 e. The zero-order valence-corrected chi connectivity index (χ0v) is 30.0. The molecule has 2 nitrogen and oxygen atoms in total. The quantitative estimate of drug-likeness (QED) is 0.191. The van der Waals surface area contributed by atoms with Gasteiger partial charge in [-0.1, -0.05) is 133 Å². The fourth-order valence-electron chi connectivity index (χ4n) is 9.03. The lowest BCUT2D eigenvalue weighted by Gasteiger charge is -2.38. The number of phenolic OH excluding ortho intramolecular Hbond substituents is 2. The summed E-state index contributed by atoms with van der Waals surface area (Å²) in [7, 11) is 0. The first kappa shape index (κ1) is 30.4. The maximum absolute atomic E-state index is 11.4. The lowest BCUT2D eigenvalue weighted by atomic mass is 9.63. The van der Waals surface area contributed by atoms with E-state index >= 15 is 0 Å². The van der Waals surface area contributed by atoms with Gasteiger partial charge >= 0.3 is 0 Å². The van der Waals surface area contributed by atoms with Crippen molar-refractivity contribution in [2.24, 2.45) is 0 Å². The number of hydrogen-bond donors (Lipinski definition) is 2. The molecule has 11 rings (SSSR count). The molecule has 0 bridgehead atoms. The maximum atomic E-state index is 11.4. The Kier molecular flexibility index (Phi) is 6.54. The molecule has 8 aromatic carbocycles. The van der Waals surface area contributed by atoms with Crippen LogP contribution < -0.4 is 0 Å². The predicted octanol–water partition coefficient (Wildman–Crippen LogP) is 13.5. The average molecular weight is 715 g/mol. The summed E-state index contributed by atoms with van der Waals surface area (Å²) < 4.78 is 2.50. The molecule has 1 aliphatic carbocycles. The van der Waals surface area contributed by atoms with Crippen LogP contribution in [0.4, 0.5) is 0 Å². The Balaban J connectivity index is 1.40. The third-order valence-electron chi connectivity index (χ3n) is 11.2. The monoisotopic (exact) mass is 714 g/mol. The summed E-state index contributed by atoms with van der Waals surface area (Å²) in [4.78, 5) is 2.41. The number of thiophene rings is 2. The van der Waals surface area contributed by atoms with Gasteiger partial charge in [-0.25, -0.2) is 0 Å². The van der Waals surface area contributed by atoms with Crippen LogP contribution in [0.5, 0.6) is 11.5 Å². The molecule has 1 aliphatic rings. The SMILES string of the molecule is Oc1ccc(C2(c3ccc(O)c4ccccc34)c3c(-c4cc5ccccc5s4)cccc3-c3cccc(-c4cc5ccccc5s4)c32)c2ccccc12. The fraction of sp³-hybridized carbons (Fsp3) is 0.0204. The van der Waals surface area contributed by atoms with Crippen molar-refractivity contribution in [1.29, 1.82) is 0 Å². The Morgan fingerprint density at radius 3 is 1.21 bits per heavy atom. The van der Waals surface area contributed by atoms with Crippen LogP contribution in [0, 0.1) is 0 Å². The van der Waals surface area contributed by atoms with Crippen LogP contribution in [0.1, 0.15) is 22.3 Å². The summed E-state index contributed by atoms with van der Waals surface area (Å²) in [5.41, 5.74) is 8.45. The maximum Gasteiger partial charge on any atom is 0.123 e. The van der Waals surface area contributed by atoms with Gasteiger partial charge in [-0.2, -0.15) is 0 Å². The molecule has 10 aromatic rings. The van der Waals surface area contributed by atoms with Gasteiger partial charge in [0.1, 0.15) is 11.5 Å². The highest BCUT2D eigenvalue weighted by atomic mass is 32.1.